The van der Waals surface area contributed by atoms with Crippen molar-refractivity contribution in [1.82, 2.24) is 24.5 Å². The van der Waals surface area contributed by atoms with E-state index in [-0.39, 0.29) is 12.5 Å². The molecule has 0 bridgehead atoms. The summed E-state index contributed by atoms with van der Waals surface area (Å²) in [5.74, 6) is 0.0240. The van der Waals surface area contributed by atoms with Crippen LogP contribution in [0.4, 0.5) is 0 Å². The van der Waals surface area contributed by atoms with Gasteiger partial charge in [0.25, 0.3) is 0 Å². The third kappa shape index (κ3) is 2.63. The number of hydrogen-bond donors (Lipinski definition) is 0. The number of amides is 1. The van der Waals surface area contributed by atoms with Crippen LogP contribution in [0.15, 0.2) is 36.5 Å². The van der Waals surface area contributed by atoms with Gasteiger partial charge < -0.3 is 4.90 Å². The minimum Gasteiger partial charge on any atom is -0.335 e. The molecule has 120 valence electrons. The quantitative estimate of drug-likeness (QED) is 0.717. The molecule has 0 saturated heterocycles. The molecule has 2 aromatic heterocycles. The molecule has 1 aliphatic rings. The van der Waals surface area contributed by atoms with Gasteiger partial charge in [0.2, 0.25) is 5.91 Å². The first-order valence-corrected chi connectivity index (χ1v) is 7.90. The number of aromatic nitrogens is 4. The first-order valence-electron chi connectivity index (χ1n) is 7.90. The summed E-state index contributed by atoms with van der Waals surface area (Å²) in [4.78, 5) is 14.5. The van der Waals surface area contributed by atoms with Crippen LogP contribution < -0.4 is 0 Å². The van der Waals surface area contributed by atoms with Crippen molar-refractivity contribution in [1.29, 1.82) is 5.26 Å². The summed E-state index contributed by atoms with van der Waals surface area (Å²) in [6.45, 7) is 2.11. The number of rotatable bonds is 2. The fourth-order valence-corrected chi connectivity index (χ4v) is 3.06. The zero-order valence-electron chi connectivity index (χ0n) is 13.1. The molecule has 4 rings (SSSR count). The average molecular weight is 320 g/mol. The van der Waals surface area contributed by atoms with Crippen LogP contribution in [0.1, 0.15) is 17.8 Å². The monoisotopic (exact) mass is 320 g/mol. The van der Waals surface area contributed by atoms with Crippen molar-refractivity contribution in [2.45, 2.75) is 26.1 Å². The van der Waals surface area contributed by atoms with Gasteiger partial charge in [-0.3, -0.25) is 14.2 Å². The van der Waals surface area contributed by atoms with E-state index in [0.29, 0.717) is 18.8 Å². The predicted octanol–water partition coefficient (Wildman–Crippen LogP) is 1.54. The largest absolute Gasteiger partial charge is 0.335 e. The Balaban J connectivity index is 1.52. The maximum atomic E-state index is 12.7. The maximum absolute atomic E-state index is 12.7. The van der Waals surface area contributed by atoms with Crippen molar-refractivity contribution in [2.75, 3.05) is 6.54 Å². The van der Waals surface area contributed by atoms with Crippen molar-refractivity contribution in [2.24, 2.45) is 0 Å². The minimum atomic E-state index is 0.0240. The molecule has 3 aromatic rings. The number of benzene rings is 1. The molecule has 0 N–H and O–H groups in total. The Hall–Kier alpha value is -3.14. The topological polar surface area (TPSA) is 79.7 Å². The SMILES string of the molecule is N#Cc1cc2n(n1)CCCN(C(=O)Cn1cc3ccccc3n1)C2. The molecule has 0 saturated carbocycles. The third-order valence-corrected chi connectivity index (χ3v) is 4.24. The van der Waals surface area contributed by atoms with Crippen LogP contribution in [-0.4, -0.2) is 36.9 Å². The van der Waals surface area contributed by atoms with Gasteiger partial charge in [0.1, 0.15) is 12.6 Å². The highest BCUT2D eigenvalue weighted by atomic mass is 16.2. The number of carbonyl (C=O) groups is 1. The van der Waals surface area contributed by atoms with E-state index in [2.05, 4.69) is 16.3 Å². The van der Waals surface area contributed by atoms with Crippen LogP contribution in [0, 0.1) is 11.3 Å². The number of hydrogen-bond acceptors (Lipinski definition) is 4. The van der Waals surface area contributed by atoms with Gasteiger partial charge in [-0.15, -0.1) is 0 Å². The second-order valence-electron chi connectivity index (χ2n) is 5.91. The van der Waals surface area contributed by atoms with Crippen molar-refractivity contribution < 1.29 is 4.79 Å². The van der Waals surface area contributed by atoms with E-state index in [1.807, 2.05) is 40.0 Å². The number of fused-ring (bicyclic) bond motifs is 2. The van der Waals surface area contributed by atoms with Gasteiger partial charge in [0.15, 0.2) is 5.69 Å². The van der Waals surface area contributed by atoms with E-state index in [1.165, 1.54) is 0 Å². The Morgan fingerprint density at radius 2 is 2.12 bits per heavy atom. The molecule has 7 heteroatoms. The van der Waals surface area contributed by atoms with Gasteiger partial charge in [0, 0.05) is 24.7 Å². The summed E-state index contributed by atoms with van der Waals surface area (Å²) in [6.07, 6.45) is 2.72. The molecule has 3 heterocycles. The average Bonchev–Trinajstić information content (AvgIpc) is 3.11. The highest BCUT2D eigenvalue weighted by molar-refractivity contribution is 5.79. The molecule has 7 nitrogen and oxygen atoms in total. The number of aryl methyl sites for hydroxylation is 1. The van der Waals surface area contributed by atoms with Gasteiger partial charge in [0.05, 0.1) is 17.8 Å². The molecule has 0 atom stereocenters. The number of nitriles is 1. The smallest absolute Gasteiger partial charge is 0.244 e. The van der Waals surface area contributed by atoms with Crippen molar-refractivity contribution >= 4 is 16.8 Å². The van der Waals surface area contributed by atoms with E-state index >= 15 is 0 Å². The van der Waals surface area contributed by atoms with Gasteiger partial charge in [-0.25, -0.2) is 0 Å². The highest BCUT2D eigenvalue weighted by Gasteiger charge is 2.21. The summed E-state index contributed by atoms with van der Waals surface area (Å²) < 4.78 is 3.52. The number of carbonyl (C=O) groups excluding carboxylic acids is 1. The van der Waals surface area contributed by atoms with E-state index < -0.39 is 0 Å². The Kier molecular flexibility index (Phi) is 3.50. The third-order valence-electron chi connectivity index (χ3n) is 4.24. The van der Waals surface area contributed by atoms with E-state index in [4.69, 9.17) is 5.26 Å². The van der Waals surface area contributed by atoms with Crippen molar-refractivity contribution in [3.05, 3.63) is 47.9 Å². The summed E-state index contributed by atoms with van der Waals surface area (Å²) in [5, 5.41) is 18.7. The summed E-state index contributed by atoms with van der Waals surface area (Å²) in [6, 6.07) is 11.6. The fraction of sp³-hybridized carbons (Fsp3) is 0.294. The Bertz CT molecular complexity index is 915. The lowest BCUT2D eigenvalue weighted by Crippen LogP contribution is -2.33. The van der Waals surface area contributed by atoms with Gasteiger partial charge in [-0.1, -0.05) is 18.2 Å². The molecule has 1 amide bonds. The number of nitrogens with zero attached hydrogens (tertiary/aromatic N) is 6. The lowest BCUT2D eigenvalue weighted by molar-refractivity contribution is -0.132. The van der Waals surface area contributed by atoms with E-state index in [9.17, 15) is 4.79 Å². The van der Waals surface area contributed by atoms with Crippen LogP contribution in [0.3, 0.4) is 0 Å². The van der Waals surface area contributed by atoms with E-state index in [0.717, 1.165) is 29.6 Å². The van der Waals surface area contributed by atoms with Crippen LogP contribution in [0.5, 0.6) is 0 Å². The second kappa shape index (κ2) is 5.81. The molecule has 0 fully saturated rings. The van der Waals surface area contributed by atoms with Crippen molar-refractivity contribution in [3.8, 4) is 6.07 Å². The van der Waals surface area contributed by atoms with Crippen LogP contribution in [-0.2, 0) is 24.4 Å². The minimum absolute atomic E-state index is 0.0240. The first-order chi connectivity index (χ1) is 11.7. The molecular formula is C17H16N6O. The zero-order valence-corrected chi connectivity index (χ0v) is 13.1. The van der Waals surface area contributed by atoms with Crippen LogP contribution in [0.25, 0.3) is 10.9 Å². The Labute approximate surface area is 138 Å². The molecule has 1 aliphatic heterocycles. The summed E-state index contributed by atoms with van der Waals surface area (Å²) in [5.41, 5.74) is 2.19. The standard InChI is InChI=1S/C17H16N6O/c18-9-14-8-15-11-21(6-3-7-23(15)19-14)17(24)12-22-10-13-4-1-2-5-16(13)20-22/h1-2,4-5,8,10H,3,6-7,11-12H2. The van der Waals surface area contributed by atoms with E-state index in [1.54, 1.807) is 10.7 Å². The predicted molar refractivity (Wildman–Crippen MR) is 86.7 cm³/mol. The zero-order chi connectivity index (χ0) is 16.5. The molecule has 0 radical (unpaired) electrons. The molecular weight excluding hydrogens is 304 g/mol. The molecule has 1 aromatic carbocycles. The molecule has 0 spiro atoms. The van der Waals surface area contributed by atoms with Crippen LogP contribution in [0.2, 0.25) is 0 Å². The first kappa shape index (κ1) is 14.5. The second-order valence-corrected chi connectivity index (χ2v) is 5.91. The normalized spacial score (nSPS) is 14.2. The molecule has 0 aliphatic carbocycles. The van der Waals surface area contributed by atoms with Gasteiger partial charge in [-0.2, -0.15) is 15.5 Å². The molecule has 24 heavy (non-hydrogen) atoms. The highest BCUT2D eigenvalue weighted by Crippen LogP contribution is 2.15. The summed E-state index contributed by atoms with van der Waals surface area (Å²) >= 11 is 0. The lowest BCUT2D eigenvalue weighted by Gasteiger charge is -2.19. The van der Waals surface area contributed by atoms with Crippen molar-refractivity contribution in [3.63, 3.8) is 0 Å². The Morgan fingerprint density at radius 3 is 2.96 bits per heavy atom. The maximum Gasteiger partial charge on any atom is 0.244 e. The fourth-order valence-electron chi connectivity index (χ4n) is 3.06. The molecule has 0 unspecified atom stereocenters. The van der Waals surface area contributed by atoms with Crippen LogP contribution >= 0.6 is 0 Å². The Morgan fingerprint density at radius 1 is 1.25 bits per heavy atom. The lowest BCUT2D eigenvalue weighted by atomic mass is 10.3. The van der Waals surface area contributed by atoms with Gasteiger partial charge in [-0.05, 0) is 18.6 Å². The van der Waals surface area contributed by atoms with Gasteiger partial charge >= 0.3 is 0 Å². The summed E-state index contributed by atoms with van der Waals surface area (Å²) in [7, 11) is 0.